The molecule has 33 heavy (non-hydrogen) atoms. The summed E-state index contributed by atoms with van der Waals surface area (Å²) in [5.74, 6) is 0.889. The largest absolute Gasteiger partial charge is 0.390 e. The van der Waals surface area contributed by atoms with Crippen LogP contribution in [-0.2, 0) is 4.79 Å². The summed E-state index contributed by atoms with van der Waals surface area (Å²) in [6.45, 7) is 9.87. The van der Waals surface area contributed by atoms with Gasteiger partial charge in [-0.1, -0.05) is 20.8 Å². The molecule has 4 aliphatic carbocycles. The van der Waals surface area contributed by atoms with Gasteiger partial charge in [-0.3, -0.25) is 9.59 Å². The molecule has 4 bridgehead atoms. The third kappa shape index (κ3) is 5.32. The number of carbonyl (C=O) groups is 2. The summed E-state index contributed by atoms with van der Waals surface area (Å²) in [6, 6.07) is 0. The Morgan fingerprint density at radius 2 is 1.97 bits per heavy atom. The molecule has 0 radical (unpaired) electrons. The van der Waals surface area contributed by atoms with E-state index in [2.05, 4.69) is 29.6 Å². The average molecular weight is 475 g/mol. The van der Waals surface area contributed by atoms with Gasteiger partial charge in [-0.15, -0.1) is 11.8 Å². The zero-order valence-corrected chi connectivity index (χ0v) is 21.3. The predicted octanol–water partition coefficient (Wildman–Crippen LogP) is 3.97. The molecule has 0 aliphatic heterocycles. The van der Waals surface area contributed by atoms with E-state index in [-0.39, 0.29) is 22.6 Å². The van der Waals surface area contributed by atoms with Crippen molar-refractivity contribution in [3.63, 3.8) is 0 Å². The van der Waals surface area contributed by atoms with Gasteiger partial charge in [0.25, 0.3) is 5.91 Å². The highest BCUT2D eigenvalue weighted by Gasteiger charge is 2.57. The maximum atomic E-state index is 13.5. The van der Waals surface area contributed by atoms with E-state index < -0.39 is 11.1 Å². The fraction of sp³-hybridized carbons (Fsp3) is 0.720. The molecule has 0 saturated heterocycles. The summed E-state index contributed by atoms with van der Waals surface area (Å²) in [6.07, 6.45) is 11.3. The molecule has 7 nitrogen and oxygen atoms in total. The van der Waals surface area contributed by atoms with E-state index in [9.17, 15) is 14.7 Å². The van der Waals surface area contributed by atoms with Crippen LogP contribution >= 0.6 is 11.8 Å². The summed E-state index contributed by atoms with van der Waals surface area (Å²) >= 11 is 1.60. The van der Waals surface area contributed by atoms with Crippen molar-refractivity contribution in [3.8, 4) is 0 Å². The lowest BCUT2D eigenvalue weighted by atomic mass is 9.51. The number of nitrogens with zero attached hydrogens (tertiary/aromatic N) is 2. The number of nitrogens with one attached hydrogen (secondary N) is 2. The van der Waals surface area contributed by atoms with Crippen LogP contribution in [0.4, 0.5) is 0 Å². The van der Waals surface area contributed by atoms with Crippen LogP contribution in [0.3, 0.4) is 0 Å². The molecule has 4 saturated carbocycles. The Morgan fingerprint density at radius 3 is 2.55 bits per heavy atom. The molecule has 182 valence electrons. The Bertz CT molecular complexity index is 937. The van der Waals surface area contributed by atoms with Crippen LogP contribution in [-0.4, -0.2) is 48.6 Å². The second kappa shape index (κ2) is 8.77. The highest BCUT2D eigenvalue weighted by molar-refractivity contribution is 7.99. The van der Waals surface area contributed by atoms with E-state index in [0.717, 1.165) is 30.7 Å². The molecule has 3 N–H and O–H groups in total. The SMILES string of the molecule is CCC(=O)NC(C)(C)/C=C/n1ncc(C(=O)NC23CC4CC(CC(O)(C4)C2)C3)c1SC(C)C. The number of carbonyl (C=O) groups excluding carboxylic acids is 2. The van der Waals surface area contributed by atoms with Crippen molar-refractivity contribution in [2.24, 2.45) is 11.8 Å². The molecular weight excluding hydrogens is 436 g/mol. The van der Waals surface area contributed by atoms with Crippen LogP contribution in [0.1, 0.15) is 89.9 Å². The summed E-state index contributed by atoms with van der Waals surface area (Å²) in [7, 11) is 0. The molecule has 1 heterocycles. The third-order valence-corrected chi connectivity index (χ3v) is 8.27. The van der Waals surface area contributed by atoms with Crippen molar-refractivity contribution in [2.45, 2.75) is 107 Å². The lowest BCUT2D eigenvalue weighted by Crippen LogP contribution is -2.65. The number of aromatic nitrogens is 2. The van der Waals surface area contributed by atoms with Gasteiger partial charge in [-0.2, -0.15) is 5.10 Å². The summed E-state index contributed by atoms with van der Waals surface area (Å²) in [4.78, 5) is 25.3. The van der Waals surface area contributed by atoms with Crippen molar-refractivity contribution in [2.75, 3.05) is 0 Å². The van der Waals surface area contributed by atoms with Crippen molar-refractivity contribution < 1.29 is 14.7 Å². The molecule has 4 fully saturated rings. The molecular formula is C25H38N4O3S. The molecule has 8 heteroatoms. The standard InChI is InChI=1S/C25H38N4O3S/c1-6-20(30)27-23(4,5)7-8-29-22(33-16(2)3)19(14-26-29)21(31)28-24-10-17-9-18(11-24)13-25(32,12-17)15-24/h7-8,14,16-18,32H,6,9-13,15H2,1-5H3,(H,27,30)(H,28,31)/b8-7+. The average Bonchev–Trinajstić information content (AvgIpc) is 3.05. The van der Waals surface area contributed by atoms with Gasteiger partial charge in [0.05, 0.1) is 22.9 Å². The minimum atomic E-state index is -0.617. The molecule has 0 aromatic carbocycles. The first-order chi connectivity index (χ1) is 15.4. The van der Waals surface area contributed by atoms with Crippen molar-refractivity contribution in [3.05, 3.63) is 17.8 Å². The highest BCUT2D eigenvalue weighted by Crippen LogP contribution is 2.57. The fourth-order valence-corrected chi connectivity index (χ4v) is 7.30. The van der Waals surface area contributed by atoms with Crippen molar-refractivity contribution in [1.29, 1.82) is 0 Å². The number of hydrogen-bond donors (Lipinski definition) is 3. The van der Waals surface area contributed by atoms with Crippen LogP contribution in [0, 0.1) is 11.8 Å². The molecule has 4 aliphatic rings. The second-order valence-electron chi connectivity index (χ2n) is 11.3. The van der Waals surface area contributed by atoms with Gasteiger partial charge in [0.2, 0.25) is 5.91 Å². The van der Waals surface area contributed by atoms with E-state index in [1.165, 1.54) is 6.42 Å². The minimum absolute atomic E-state index is 0.0146. The van der Waals surface area contributed by atoms with Gasteiger partial charge in [0.1, 0.15) is 5.03 Å². The first-order valence-electron chi connectivity index (χ1n) is 12.2. The Balaban J connectivity index is 1.55. The Hall–Kier alpha value is -1.80. The maximum absolute atomic E-state index is 13.5. The lowest BCUT2D eigenvalue weighted by Gasteiger charge is -2.60. The molecule has 1 aromatic rings. The zero-order chi connectivity index (χ0) is 24.0. The summed E-state index contributed by atoms with van der Waals surface area (Å²) in [5.41, 5.74) is -0.888. The smallest absolute Gasteiger partial charge is 0.256 e. The minimum Gasteiger partial charge on any atom is -0.390 e. The molecule has 2 unspecified atom stereocenters. The topological polar surface area (TPSA) is 96.2 Å². The van der Waals surface area contributed by atoms with Gasteiger partial charge in [0.15, 0.2) is 0 Å². The van der Waals surface area contributed by atoms with Crippen LogP contribution in [0.25, 0.3) is 6.20 Å². The van der Waals surface area contributed by atoms with E-state index in [1.807, 2.05) is 33.0 Å². The predicted molar refractivity (Wildman–Crippen MR) is 131 cm³/mol. The molecule has 1 aromatic heterocycles. The van der Waals surface area contributed by atoms with Crippen molar-refractivity contribution in [1.82, 2.24) is 20.4 Å². The van der Waals surface area contributed by atoms with Gasteiger partial charge < -0.3 is 15.7 Å². The highest BCUT2D eigenvalue weighted by atomic mass is 32.2. The fourth-order valence-electron chi connectivity index (χ4n) is 6.37. The molecule has 0 spiro atoms. The monoisotopic (exact) mass is 474 g/mol. The zero-order valence-electron chi connectivity index (χ0n) is 20.5. The first-order valence-corrected chi connectivity index (χ1v) is 13.1. The second-order valence-corrected chi connectivity index (χ2v) is 12.9. The Labute approximate surface area is 201 Å². The Morgan fingerprint density at radius 1 is 1.30 bits per heavy atom. The van der Waals surface area contributed by atoms with Crippen LogP contribution in [0.15, 0.2) is 17.3 Å². The number of hydrogen-bond acceptors (Lipinski definition) is 5. The number of aliphatic hydroxyl groups is 1. The summed E-state index contributed by atoms with van der Waals surface area (Å²) in [5, 5.41) is 22.9. The third-order valence-electron chi connectivity index (χ3n) is 7.17. The van der Waals surface area contributed by atoms with Crippen LogP contribution in [0.2, 0.25) is 0 Å². The van der Waals surface area contributed by atoms with Gasteiger partial charge in [0, 0.05) is 23.4 Å². The molecule has 5 rings (SSSR count). The van der Waals surface area contributed by atoms with Crippen LogP contribution < -0.4 is 10.6 Å². The van der Waals surface area contributed by atoms with E-state index in [1.54, 1.807) is 22.6 Å². The van der Waals surface area contributed by atoms with Crippen LogP contribution in [0.5, 0.6) is 0 Å². The van der Waals surface area contributed by atoms with E-state index >= 15 is 0 Å². The van der Waals surface area contributed by atoms with Gasteiger partial charge in [-0.05, 0) is 70.3 Å². The maximum Gasteiger partial charge on any atom is 0.256 e. The lowest BCUT2D eigenvalue weighted by molar-refractivity contribution is -0.139. The Kier molecular flexibility index (Phi) is 6.46. The van der Waals surface area contributed by atoms with E-state index in [4.69, 9.17) is 0 Å². The molecule has 2 atom stereocenters. The van der Waals surface area contributed by atoms with Gasteiger partial charge in [-0.25, -0.2) is 4.68 Å². The quantitative estimate of drug-likeness (QED) is 0.496. The van der Waals surface area contributed by atoms with E-state index in [0.29, 0.717) is 30.2 Å². The first kappa shape index (κ1) is 24.3. The van der Waals surface area contributed by atoms with Crippen molar-refractivity contribution >= 4 is 29.8 Å². The van der Waals surface area contributed by atoms with Gasteiger partial charge >= 0.3 is 0 Å². The normalized spacial score (nSPS) is 30.9. The number of amides is 2. The number of thioether (sulfide) groups is 1. The summed E-state index contributed by atoms with van der Waals surface area (Å²) < 4.78 is 1.73. The molecule has 2 amide bonds. The number of rotatable bonds is 8.